The zero-order valence-corrected chi connectivity index (χ0v) is 11.9. The quantitative estimate of drug-likeness (QED) is 0.676. The Kier molecular flexibility index (Phi) is 6.73. The first-order chi connectivity index (χ1) is 9.58. The van der Waals surface area contributed by atoms with Gasteiger partial charge in [0.05, 0.1) is 6.54 Å². The smallest absolute Gasteiger partial charge is 0.325 e. The van der Waals surface area contributed by atoms with Gasteiger partial charge in [-0.05, 0) is 18.4 Å². The molecule has 1 unspecified atom stereocenters. The van der Waals surface area contributed by atoms with Gasteiger partial charge in [0.2, 0.25) is 5.91 Å². The topological polar surface area (TPSA) is 78.4 Å². The number of hydrogen-bond donors (Lipinski definition) is 3. The van der Waals surface area contributed by atoms with Gasteiger partial charge in [0.15, 0.2) is 0 Å². The van der Waals surface area contributed by atoms with Gasteiger partial charge in [-0.3, -0.25) is 14.9 Å². The van der Waals surface area contributed by atoms with E-state index in [0.29, 0.717) is 5.56 Å². The maximum atomic E-state index is 11.8. The lowest BCUT2D eigenvalue weighted by Gasteiger charge is -2.17. The molecule has 0 bridgehead atoms. The van der Waals surface area contributed by atoms with Crippen LogP contribution in [0.2, 0.25) is 0 Å². The van der Waals surface area contributed by atoms with Gasteiger partial charge in [-0.15, -0.1) is 0 Å². The van der Waals surface area contributed by atoms with Gasteiger partial charge >= 0.3 is 5.97 Å². The van der Waals surface area contributed by atoms with Crippen molar-refractivity contribution in [3.63, 3.8) is 0 Å². The van der Waals surface area contributed by atoms with Gasteiger partial charge in [-0.1, -0.05) is 44.2 Å². The molecule has 1 rings (SSSR count). The molecule has 110 valence electrons. The van der Waals surface area contributed by atoms with E-state index in [2.05, 4.69) is 10.6 Å². The standard InChI is InChI=1S/C15H22N2O3/c1-3-12(4-2)17-13(18)10-16-14(15(19)20)11-8-6-5-7-9-11/h5-9,12,14,16H,3-4,10H2,1-2H3,(H,17,18)(H,19,20). The van der Waals surface area contributed by atoms with E-state index in [1.165, 1.54) is 0 Å². The Morgan fingerprint density at radius 3 is 2.25 bits per heavy atom. The van der Waals surface area contributed by atoms with Crippen molar-refractivity contribution >= 4 is 11.9 Å². The summed E-state index contributed by atoms with van der Waals surface area (Å²) in [6.45, 7) is 4.00. The molecular weight excluding hydrogens is 256 g/mol. The van der Waals surface area contributed by atoms with Crippen LogP contribution in [0, 0.1) is 0 Å². The molecule has 20 heavy (non-hydrogen) atoms. The van der Waals surface area contributed by atoms with E-state index in [1.807, 2.05) is 19.9 Å². The fraction of sp³-hybridized carbons (Fsp3) is 0.467. The van der Waals surface area contributed by atoms with Gasteiger partial charge in [0.1, 0.15) is 6.04 Å². The van der Waals surface area contributed by atoms with Crippen LogP contribution < -0.4 is 10.6 Å². The maximum Gasteiger partial charge on any atom is 0.325 e. The molecule has 0 heterocycles. The van der Waals surface area contributed by atoms with Crippen molar-refractivity contribution < 1.29 is 14.7 Å². The predicted molar refractivity (Wildman–Crippen MR) is 77.3 cm³/mol. The summed E-state index contributed by atoms with van der Waals surface area (Å²) in [5, 5.41) is 14.9. The van der Waals surface area contributed by atoms with E-state index in [1.54, 1.807) is 24.3 Å². The summed E-state index contributed by atoms with van der Waals surface area (Å²) >= 11 is 0. The van der Waals surface area contributed by atoms with Gasteiger partial charge in [-0.2, -0.15) is 0 Å². The molecule has 1 aromatic carbocycles. The molecule has 0 aliphatic carbocycles. The van der Waals surface area contributed by atoms with E-state index < -0.39 is 12.0 Å². The lowest BCUT2D eigenvalue weighted by molar-refractivity contribution is -0.139. The molecule has 0 aromatic heterocycles. The Bertz CT molecular complexity index is 430. The van der Waals surface area contributed by atoms with Crippen LogP contribution in [-0.2, 0) is 9.59 Å². The molecule has 0 saturated heterocycles. The van der Waals surface area contributed by atoms with Crippen molar-refractivity contribution in [1.29, 1.82) is 0 Å². The number of carbonyl (C=O) groups excluding carboxylic acids is 1. The van der Waals surface area contributed by atoms with Gasteiger partial charge in [0, 0.05) is 6.04 Å². The van der Waals surface area contributed by atoms with Crippen LogP contribution >= 0.6 is 0 Å². The summed E-state index contributed by atoms with van der Waals surface area (Å²) in [6, 6.07) is 8.10. The zero-order valence-electron chi connectivity index (χ0n) is 11.9. The molecule has 1 amide bonds. The van der Waals surface area contributed by atoms with Crippen molar-refractivity contribution in [1.82, 2.24) is 10.6 Å². The highest BCUT2D eigenvalue weighted by Gasteiger charge is 2.20. The van der Waals surface area contributed by atoms with Gasteiger partial charge in [-0.25, -0.2) is 0 Å². The van der Waals surface area contributed by atoms with Crippen molar-refractivity contribution in [2.75, 3.05) is 6.54 Å². The summed E-state index contributed by atoms with van der Waals surface area (Å²) in [5.74, 6) is -1.17. The molecule has 5 heteroatoms. The first kappa shape index (κ1) is 16.2. The summed E-state index contributed by atoms with van der Waals surface area (Å²) in [6.07, 6.45) is 1.73. The van der Waals surface area contributed by atoms with Crippen LogP contribution in [0.3, 0.4) is 0 Å². The molecule has 0 spiro atoms. The average Bonchev–Trinajstić information content (AvgIpc) is 2.45. The number of nitrogens with one attached hydrogen (secondary N) is 2. The highest BCUT2D eigenvalue weighted by Crippen LogP contribution is 2.12. The third-order valence-electron chi connectivity index (χ3n) is 3.20. The summed E-state index contributed by atoms with van der Waals surface area (Å²) < 4.78 is 0. The molecule has 0 aliphatic heterocycles. The van der Waals surface area contributed by atoms with Crippen LogP contribution in [0.1, 0.15) is 38.3 Å². The lowest BCUT2D eigenvalue weighted by atomic mass is 10.1. The lowest BCUT2D eigenvalue weighted by Crippen LogP contribution is -2.42. The minimum atomic E-state index is -0.994. The summed E-state index contributed by atoms with van der Waals surface area (Å²) in [7, 11) is 0. The molecule has 0 radical (unpaired) electrons. The first-order valence-corrected chi connectivity index (χ1v) is 6.89. The Hall–Kier alpha value is -1.88. The second-order valence-corrected chi connectivity index (χ2v) is 4.64. The van der Waals surface area contributed by atoms with Crippen molar-refractivity contribution in [3.05, 3.63) is 35.9 Å². The third-order valence-corrected chi connectivity index (χ3v) is 3.20. The van der Waals surface area contributed by atoms with E-state index in [0.717, 1.165) is 12.8 Å². The zero-order chi connectivity index (χ0) is 15.0. The number of carboxylic acid groups (broad SMARTS) is 1. The third kappa shape index (κ3) is 5.01. The Balaban J connectivity index is 2.56. The number of rotatable bonds is 8. The van der Waals surface area contributed by atoms with Gasteiger partial charge in [0.25, 0.3) is 0 Å². The van der Waals surface area contributed by atoms with Crippen molar-refractivity contribution in [2.45, 2.75) is 38.8 Å². The van der Waals surface area contributed by atoms with E-state index in [4.69, 9.17) is 0 Å². The Morgan fingerprint density at radius 1 is 1.15 bits per heavy atom. The monoisotopic (exact) mass is 278 g/mol. The largest absolute Gasteiger partial charge is 0.480 e. The normalized spacial score (nSPS) is 12.2. The number of amides is 1. The Labute approximate surface area is 119 Å². The van der Waals surface area contributed by atoms with E-state index in [9.17, 15) is 14.7 Å². The number of aliphatic carboxylic acids is 1. The molecule has 0 aliphatic rings. The van der Waals surface area contributed by atoms with Crippen LogP contribution in [0.5, 0.6) is 0 Å². The molecular formula is C15H22N2O3. The van der Waals surface area contributed by atoms with Crippen LogP contribution in [0.15, 0.2) is 30.3 Å². The highest BCUT2D eigenvalue weighted by molar-refractivity contribution is 5.80. The number of carbonyl (C=O) groups is 2. The van der Waals surface area contributed by atoms with Crippen LogP contribution in [0.25, 0.3) is 0 Å². The molecule has 5 nitrogen and oxygen atoms in total. The molecule has 1 aromatic rings. The predicted octanol–water partition coefficient (Wildman–Crippen LogP) is 1.71. The second-order valence-electron chi connectivity index (χ2n) is 4.64. The van der Waals surface area contributed by atoms with E-state index in [-0.39, 0.29) is 18.5 Å². The van der Waals surface area contributed by atoms with Crippen LogP contribution in [0.4, 0.5) is 0 Å². The number of benzene rings is 1. The minimum absolute atomic E-state index is 0.0115. The second kappa shape index (κ2) is 8.32. The number of hydrogen-bond acceptors (Lipinski definition) is 3. The minimum Gasteiger partial charge on any atom is -0.480 e. The highest BCUT2D eigenvalue weighted by atomic mass is 16.4. The molecule has 1 atom stereocenters. The van der Waals surface area contributed by atoms with Crippen LogP contribution in [-0.4, -0.2) is 29.6 Å². The summed E-state index contributed by atoms with van der Waals surface area (Å²) in [4.78, 5) is 23.0. The first-order valence-electron chi connectivity index (χ1n) is 6.89. The average molecular weight is 278 g/mol. The van der Waals surface area contributed by atoms with Crippen molar-refractivity contribution in [2.24, 2.45) is 0 Å². The summed E-state index contributed by atoms with van der Waals surface area (Å²) in [5.41, 5.74) is 0.635. The van der Waals surface area contributed by atoms with Crippen molar-refractivity contribution in [3.8, 4) is 0 Å². The molecule has 0 fully saturated rings. The fourth-order valence-corrected chi connectivity index (χ4v) is 1.96. The van der Waals surface area contributed by atoms with Gasteiger partial charge < -0.3 is 10.4 Å². The fourth-order valence-electron chi connectivity index (χ4n) is 1.96. The molecule has 0 saturated carbocycles. The maximum absolute atomic E-state index is 11.8. The SMILES string of the molecule is CCC(CC)NC(=O)CNC(C(=O)O)c1ccccc1. The van der Waals surface area contributed by atoms with E-state index >= 15 is 0 Å². The Morgan fingerprint density at radius 2 is 1.75 bits per heavy atom. The molecule has 3 N–H and O–H groups in total. The number of carboxylic acids is 1.